The SMILES string of the molecule is CN(c1nnc(CCN)o1)C1CCCCCC1. The Morgan fingerprint density at radius 2 is 1.94 bits per heavy atom. The maximum absolute atomic E-state index is 5.60. The van der Waals surface area contributed by atoms with Gasteiger partial charge in [-0.3, -0.25) is 0 Å². The van der Waals surface area contributed by atoms with Gasteiger partial charge in [-0.1, -0.05) is 30.8 Å². The molecule has 0 radical (unpaired) electrons. The van der Waals surface area contributed by atoms with Gasteiger partial charge in [-0.05, 0) is 12.8 Å². The molecule has 1 fully saturated rings. The second kappa shape index (κ2) is 6.00. The Labute approximate surface area is 102 Å². The molecule has 96 valence electrons. The lowest BCUT2D eigenvalue weighted by molar-refractivity contribution is 0.456. The summed E-state index contributed by atoms with van der Waals surface area (Å²) in [5.74, 6) is 0.642. The first-order valence-electron chi connectivity index (χ1n) is 6.56. The zero-order valence-electron chi connectivity index (χ0n) is 10.6. The highest BCUT2D eigenvalue weighted by Crippen LogP contribution is 2.24. The lowest BCUT2D eigenvalue weighted by Crippen LogP contribution is -2.31. The van der Waals surface area contributed by atoms with Crippen LogP contribution in [0.5, 0.6) is 0 Å². The van der Waals surface area contributed by atoms with Crippen molar-refractivity contribution < 1.29 is 4.42 Å². The summed E-state index contributed by atoms with van der Waals surface area (Å²) in [6, 6.07) is 1.18. The molecule has 1 aliphatic rings. The molecule has 1 saturated carbocycles. The second-order valence-electron chi connectivity index (χ2n) is 4.77. The molecule has 2 rings (SSSR count). The van der Waals surface area contributed by atoms with Gasteiger partial charge >= 0.3 is 6.01 Å². The van der Waals surface area contributed by atoms with E-state index < -0.39 is 0 Å². The molecule has 0 saturated heterocycles. The van der Waals surface area contributed by atoms with E-state index in [4.69, 9.17) is 10.2 Å². The van der Waals surface area contributed by atoms with Crippen LogP contribution in [0.15, 0.2) is 4.42 Å². The first-order chi connectivity index (χ1) is 8.31. The van der Waals surface area contributed by atoms with Crippen molar-refractivity contribution in [1.82, 2.24) is 10.2 Å². The Bertz CT molecular complexity index is 331. The summed E-state index contributed by atoms with van der Waals surface area (Å²) < 4.78 is 5.60. The van der Waals surface area contributed by atoms with E-state index in [1.54, 1.807) is 0 Å². The monoisotopic (exact) mass is 238 g/mol. The number of hydrogen-bond donors (Lipinski definition) is 1. The second-order valence-corrected chi connectivity index (χ2v) is 4.77. The van der Waals surface area contributed by atoms with E-state index in [2.05, 4.69) is 22.1 Å². The van der Waals surface area contributed by atoms with Gasteiger partial charge in [-0.15, -0.1) is 5.10 Å². The lowest BCUT2D eigenvalue weighted by atomic mass is 10.1. The third kappa shape index (κ3) is 3.19. The molecule has 2 N–H and O–H groups in total. The van der Waals surface area contributed by atoms with Gasteiger partial charge < -0.3 is 15.1 Å². The molecule has 0 amide bonds. The van der Waals surface area contributed by atoms with Crippen LogP contribution in [0.25, 0.3) is 0 Å². The molecular weight excluding hydrogens is 216 g/mol. The third-order valence-corrected chi connectivity index (χ3v) is 3.49. The van der Waals surface area contributed by atoms with Gasteiger partial charge in [-0.25, -0.2) is 0 Å². The quantitative estimate of drug-likeness (QED) is 0.809. The third-order valence-electron chi connectivity index (χ3n) is 3.49. The van der Waals surface area contributed by atoms with Gasteiger partial charge in [0.25, 0.3) is 0 Å². The lowest BCUT2D eigenvalue weighted by Gasteiger charge is -2.24. The van der Waals surface area contributed by atoms with Crippen LogP contribution in [-0.4, -0.2) is 29.8 Å². The number of hydrogen-bond acceptors (Lipinski definition) is 5. The molecule has 0 atom stereocenters. The van der Waals surface area contributed by atoms with Crippen LogP contribution in [0.2, 0.25) is 0 Å². The van der Waals surface area contributed by atoms with Crippen LogP contribution in [0, 0.1) is 0 Å². The van der Waals surface area contributed by atoms with Crippen molar-refractivity contribution in [2.45, 2.75) is 51.0 Å². The summed E-state index contributed by atoms with van der Waals surface area (Å²) in [6.07, 6.45) is 8.43. The summed E-state index contributed by atoms with van der Waals surface area (Å²) in [6.45, 7) is 0.550. The smallest absolute Gasteiger partial charge is 0.318 e. The van der Waals surface area contributed by atoms with Crippen LogP contribution in [0.1, 0.15) is 44.4 Å². The molecule has 1 aliphatic carbocycles. The number of rotatable bonds is 4. The van der Waals surface area contributed by atoms with Crippen molar-refractivity contribution in [2.24, 2.45) is 5.73 Å². The number of aromatic nitrogens is 2. The molecule has 5 heteroatoms. The molecule has 0 aliphatic heterocycles. The number of nitrogens with zero attached hydrogens (tertiary/aromatic N) is 3. The molecule has 1 heterocycles. The standard InChI is InChI=1S/C12H22N4O/c1-16(10-6-4-2-3-5-7-10)12-15-14-11(17-12)8-9-13/h10H,2-9,13H2,1H3. The van der Waals surface area contributed by atoms with E-state index in [1.807, 2.05) is 0 Å². The molecule has 5 nitrogen and oxygen atoms in total. The van der Waals surface area contributed by atoms with E-state index in [0.717, 1.165) is 0 Å². The molecule has 0 bridgehead atoms. The molecule has 17 heavy (non-hydrogen) atoms. The summed E-state index contributed by atoms with van der Waals surface area (Å²) in [4.78, 5) is 2.14. The van der Waals surface area contributed by atoms with Gasteiger partial charge in [0, 0.05) is 26.1 Å². The summed E-state index contributed by atoms with van der Waals surface area (Å²) in [5.41, 5.74) is 5.47. The maximum atomic E-state index is 5.60. The van der Waals surface area contributed by atoms with Crippen LogP contribution in [0.4, 0.5) is 6.01 Å². The first-order valence-corrected chi connectivity index (χ1v) is 6.56. The fourth-order valence-corrected chi connectivity index (χ4v) is 2.41. The zero-order valence-corrected chi connectivity index (χ0v) is 10.6. The predicted molar refractivity (Wildman–Crippen MR) is 66.9 cm³/mol. The van der Waals surface area contributed by atoms with Gasteiger partial charge in [0.1, 0.15) is 0 Å². The molecule has 1 aromatic heterocycles. The van der Waals surface area contributed by atoms with Crippen LogP contribution < -0.4 is 10.6 Å². The zero-order chi connectivity index (χ0) is 12.1. The van der Waals surface area contributed by atoms with Gasteiger partial charge in [0.05, 0.1) is 0 Å². The highest BCUT2D eigenvalue weighted by atomic mass is 16.4. The Morgan fingerprint density at radius 1 is 1.24 bits per heavy atom. The molecule has 0 aromatic carbocycles. The molecule has 0 unspecified atom stereocenters. The summed E-state index contributed by atoms with van der Waals surface area (Å²) in [5, 5.41) is 8.10. The minimum absolute atomic E-state index is 0.545. The predicted octanol–water partition coefficient (Wildman–Crippen LogP) is 1.73. The normalized spacial score (nSPS) is 18.0. The fraction of sp³-hybridized carbons (Fsp3) is 0.833. The fourth-order valence-electron chi connectivity index (χ4n) is 2.41. The van der Waals surface area contributed by atoms with E-state index in [9.17, 15) is 0 Å². The van der Waals surface area contributed by atoms with E-state index in [-0.39, 0.29) is 0 Å². The summed E-state index contributed by atoms with van der Waals surface area (Å²) in [7, 11) is 2.05. The molecular formula is C12H22N4O. The van der Waals surface area contributed by atoms with Crippen LogP contribution in [-0.2, 0) is 6.42 Å². The van der Waals surface area contributed by atoms with E-state index in [1.165, 1.54) is 38.5 Å². The number of anilines is 1. The summed E-state index contributed by atoms with van der Waals surface area (Å²) >= 11 is 0. The van der Waals surface area contributed by atoms with Crippen molar-refractivity contribution in [3.8, 4) is 0 Å². The molecule has 0 spiro atoms. The van der Waals surface area contributed by atoms with Crippen LogP contribution >= 0.6 is 0 Å². The number of nitrogens with two attached hydrogens (primary N) is 1. The average Bonchev–Trinajstić information content (AvgIpc) is 2.64. The van der Waals surface area contributed by atoms with Crippen molar-refractivity contribution in [2.75, 3.05) is 18.5 Å². The Hall–Kier alpha value is -1.10. The van der Waals surface area contributed by atoms with Crippen molar-refractivity contribution in [3.63, 3.8) is 0 Å². The Kier molecular flexibility index (Phi) is 4.36. The Balaban J connectivity index is 1.98. The van der Waals surface area contributed by atoms with Crippen LogP contribution in [0.3, 0.4) is 0 Å². The topological polar surface area (TPSA) is 68.2 Å². The highest BCUT2D eigenvalue weighted by Gasteiger charge is 2.21. The van der Waals surface area contributed by atoms with Gasteiger partial charge in [-0.2, -0.15) is 0 Å². The van der Waals surface area contributed by atoms with Gasteiger partial charge in [0.2, 0.25) is 5.89 Å². The minimum Gasteiger partial charge on any atom is -0.408 e. The average molecular weight is 238 g/mol. The van der Waals surface area contributed by atoms with E-state index >= 15 is 0 Å². The largest absolute Gasteiger partial charge is 0.408 e. The van der Waals surface area contributed by atoms with E-state index in [0.29, 0.717) is 30.9 Å². The van der Waals surface area contributed by atoms with Crippen molar-refractivity contribution >= 4 is 6.01 Å². The van der Waals surface area contributed by atoms with Crippen molar-refractivity contribution in [3.05, 3.63) is 5.89 Å². The maximum Gasteiger partial charge on any atom is 0.318 e. The minimum atomic E-state index is 0.545. The highest BCUT2D eigenvalue weighted by molar-refractivity contribution is 5.24. The van der Waals surface area contributed by atoms with Crippen molar-refractivity contribution in [1.29, 1.82) is 0 Å². The van der Waals surface area contributed by atoms with Gasteiger partial charge in [0.15, 0.2) is 0 Å². The molecule has 1 aromatic rings. The Morgan fingerprint density at radius 3 is 2.59 bits per heavy atom. The first kappa shape index (κ1) is 12.4.